The van der Waals surface area contributed by atoms with Crippen LogP contribution >= 0.6 is 11.8 Å². The molecule has 8 heteroatoms. The molecular formula is C19H31N7S. The van der Waals surface area contributed by atoms with Crippen molar-refractivity contribution < 1.29 is 0 Å². The van der Waals surface area contributed by atoms with E-state index in [-0.39, 0.29) is 0 Å². The summed E-state index contributed by atoms with van der Waals surface area (Å²) in [6.45, 7) is 2.65. The third-order valence-electron chi connectivity index (χ3n) is 5.03. The Morgan fingerprint density at radius 2 is 1.93 bits per heavy atom. The Morgan fingerprint density at radius 1 is 1.19 bits per heavy atom. The van der Waals surface area contributed by atoms with Gasteiger partial charge >= 0.3 is 0 Å². The van der Waals surface area contributed by atoms with E-state index >= 15 is 0 Å². The highest BCUT2D eigenvalue weighted by Gasteiger charge is 2.23. The van der Waals surface area contributed by atoms with Crippen molar-refractivity contribution in [3.63, 3.8) is 0 Å². The molecule has 2 heterocycles. The number of nitrogens with one attached hydrogen (secondary N) is 2. The number of aryl methyl sites for hydroxylation is 1. The largest absolute Gasteiger partial charge is 0.356 e. The van der Waals surface area contributed by atoms with Gasteiger partial charge in [-0.25, -0.2) is 0 Å². The first kappa shape index (κ1) is 19.8. The number of aliphatic imine (C=N–C) groups is 1. The summed E-state index contributed by atoms with van der Waals surface area (Å²) >= 11 is 1.70. The second-order valence-corrected chi connectivity index (χ2v) is 7.63. The Balaban J connectivity index is 1.42. The molecule has 3 rings (SSSR count). The lowest BCUT2D eigenvalue weighted by molar-refractivity contribution is 0.460. The maximum Gasteiger partial charge on any atom is 0.191 e. The zero-order valence-corrected chi connectivity index (χ0v) is 17.2. The number of aromatic nitrogens is 4. The topological polar surface area (TPSA) is 72.1 Å². The van der Waals surface area contributed by atoms with Crippen molar-refractivity contribution in [1.82, 2.24) is 30.0 Å². The second-order valence-electron chi connectivity index (χ2n) is 6.86. The highest BCUT2D eigenvalue weighted by molar-refractivity contribution is 7.98. The maximum atomic E-state index is 4.46. The molecule has 0 aliphatic heterocycles. The molecule has 0 bridgehead atoms. The van der Waals surface area contributed by atoms with E-state index < -0.39 is 0 Å². The summed E-state index contributed by atoms with van der Waals surface area (Å²) in [6.07, 6.45) is 13.3. The first-order chi connectivity index (χ1) is 13.3. The molecule has 0 aromatic carbocycles. The molecule has 1 fully saturated rings. The number of hydrogen-bond donors (Lipinski definition) is 2. The van der Waals surface area contributed by atoms with Crippen LogP contribution in [0.3, 0.4) is 0 Å². The average molecular weight is 390 g/mol. The highest BCUT2D eigenvalue weighted by Crippen LogP contribution is 2.33. The SMILES string of the molecule is CN=C(NCCCc1nnc(SC)n1C1CCCC1)NCCn1cccc1. The molecule has 0 unspecified atom stereocenters. The molecule has 0 saturated heterocycles. The molecule has 2 aromatic rings. The lowest BCUT2D eigenvalue weighted by Crippen LogP contribution is -2.39. The maximum absolute atomic E-state index is 4.46. The first-order valence-corrected chi connectivity index (χ1v) is 11.1. The summed E-state index contributed by atoms with van der Waals surface area (Å²) in [5.74, 6) is 1.98. The van der Waals surface area contributed by atoms with E-state index in [4.69, 9.17) is 0 Å². The van der Waals surface area contributed by atoms with E-state index in [9.17, 15) is 0 Å². The van der Waals surface area contributed by atoms with Crippen LogP contribution in [0.1, 0.15) is 44.0 Å². The van der Waals surface area contributed by atoms with Gasteiger partial charge in [0, 0.05) is 51.5 Å². The fourth-order valence-electron chi connectivity index (χ4n) is 3.64. The third-order valence-corrected chi connectivity index (χ3v) is 5.67. The van der Waals surface area contributed by atoms with Gasteiger partial charge in [0.15, 0.2) is 11.1 Å². The van der Waals surface area contributed by atoms with Crippen LogP contribution in [0.15, 0.2) is 34.7 Å². The average Bonchev–Trinajstić information content (AvgIpc) is 3.44. The van der Waals surface area contributed by atoms with Gasteiger partial charge in [0.2, 0.25) is 0 Å². The molecule has 0 spiro atoms. The van der Waals surface area contributed by atoms with Crippen LogP contribution in [0, 0.1) is 0 Å². The highest BCUT2D eigenvalue weighted by atomic mass is 32.2. The second kappa shape index (κ2) is 10.4. The van der Waals surface area contributed by atoms with Crippen LogP contribution < -0.4 is 10.6 Å². The zero-order chi connectivity index (χ0) is 18.9. The van der Waals surface area contributed by atoms with Gasteiger partial charge in [-0.2, -0.15) is 0 Å². The predicted octanol–water partition coefficient (Wildman–Crippen LogP) is 2.71. The fourth-order valence-corrected chi connectivity index (χ4v) is 4.22. The number of rotatable bonds is 9. The molecule has 1 saturated carbocycles. The van der Waals surface area contributed by atoms with Crippen LogP contribution in [0.5, 0.6) is 0 Å². The van der Waals surface area contributed by atoms with Crippen molar-refractivity contribution in [3.8, 4) is 0 Å². The van der Waals surface area contributed by atoms with Crippen molar-refractivity contribution in [2.24, 2.45) is 4.99 Å². The molecule has 0 radical (unpaired) electrons. The van der Waals surface area contributed by atoms with E-state index in [0.717, 1.165) is 49.4 Å². The van der Waals surface area contributed by atoms with Gasteiger partial charge in [-0.05, 0) is 37.7 Å². The van der Waals surface area contributed by atoms with E-state index in [1.165, 1.54) is 25.7 Å². The van der Waals surface area contributed by atoms with Gasteiger partial charge in [-0.3, -0.25) is 4.99 Å². The summed E-state index contributed by atoms with van der Waals surface area (Å²) < 4.78 is 4.54. The van der Waals surface area contributed by atoms with Crippen LogP contribution in [-0.2, 0) is 13.0 Å². The van der Waals surface area contributed by atoms with Crippen molar-refractivity contribution >= 4 is 17.7 Å². The normalized spacial score (nSPS) is 15.4. The Labute approximate surface area is 166 Å². The minimum atomic E-state index is 0.591. The smallest absolute Gasteiger partial charge is 0.191 e. The number of nitrogens with zero attached hydrogens (tertiary/aromatic N) is 5. The monoisotopic (exact) mass is 389 g/mol. The minimum Gasteiger partial charge on any atom is -0.356 e. The Bertz CT molecular complexity index is 702. The summed E-state index contributed by atoms with van der Waals surface area (Å²) in [4.78, 5) is 4.30. The van der Waals surface area contributed by atoms with E-state index in [2.05, 4.69) is 53.6 Å². The van der Waals surface area contributed by atoms with Crippen molar-refractivity contribution in [2.45, 2.75) is 56.3 Å². The first-order valence-electron chi connectivity index (χ1n) is 9.85. The number of thioether (sulfide) groups is 1. The van der Waals surface area contributed by atoms with Crippen LogP contribution in [0.25, 0.3) is 0 Å². The quantitative estimate of drug-likeness (QED) is 0.299. The Kier molecular flexibility index (Phi) is 7.62. The molecular weight excluding hydrogens is 358 g/mol. The van der Waals surface area contributed by atoms with Gasteiger partial charge in [-0.15, -0.1) is 10.2 Å². The predicted molar refractivity (Wildman–Crippen MR) is 111 cm³/mol. The lowest BCUT2D eigenvalue weighted by atomic mass is 10.2. The molecule has 7 nitrogen and oxygen atoms in total. The third kappa shape index (κ3) is 5.51. The molecule has 148 valence electrons. The minimum absolute atomic E-state index is 0.591. The molecule has 0 atom stereocenters. The zero-order valence-electron chi connectivity index (χ0n) is 16.4. The van der Waals surface area contributed by atoms with E-state index in [1.807, 2.05) is 19.2 Å². The summed E-state index contributed by atoms with van der Waals surface area (Å²) in [5.41, 5.74) is 0. The summed E-state index contributed by atoms with van der Waals surface area (Å²) in [5, 5.41) is 16.7. The van der Waals surface area contributed by atoms with Crippen LogP contribution in [0.2, 0.25) is 0 Å². The van der Waals surface area contributed by atoms with Gasteiger partial charge in [0.05, 0.1) is 0 Å². The molecule has 2 aromatic heterocycles. The standard InChI is InChI=1S/C19H31N7S/c1-20-18(22-12-15-25-13-5-6-14-25)21-11-7-10-17-23-24-19(27-2)26(17)16-8-3-4-9-16/h5-6,13-14,16H,3-4,7-12,15H2,1-2H3,(H2,20,21,22). The molecule has 2 N–H and O–H groups in total. The van der Waals surface area contributed by atoms with Crippen LogP contribution in [-0.4, -0.2) is 51.7 Å². The van der Waals surface area contributed by atoms with Crippen molar-refractivity contribution in [2.75, 3.05) is 26.4 Å². The van der Waals surface area contributed by atoms with Crippen LogP contribution in [0.4, 0.5) is 0 Å². The number of guanidine groups is 1. The van der Waals surface area contributed by atoms with Crippen molar-refractivity contribution in [3.05, 3.63) is 30.4 Å². The molecule has 1 aliphatic rings. The summed E-state index contributed by atoms with van der Waals surface area (Å²) in [6, 6.07) is 4.67. The lowest BCUT2D eigenvalue weighted by Gasteiger charge is -2.16. The van der Waals surface area contributed by atoms with Gasteiger partial charge < -0.3 is 19.8 Å². The van der Waals surface area contributed by atoms with E-state index in [1.54, 1.807) is 11.8 Å². The summed E-state index contributed by atoms with van der Waals surface area (Å²) in [7, 11) is 1.81. The number of hydrogen-bond acceptors (Lipinski definition) is 4. The molecule has 1 aliphatic carbocycles. The van der Waals surface area contributed by atoms with Gasteiger partial charge in [0.25, 0.3) is 0 Å². The van der Waals surface area contributed by atoms with E-state index in [0.29, 0.717) is 6.04 Å². The molecule has 0 amide bonds. The van der Waals surface area contributed by atoms with Gasteiger partial charge in [-0.1, -0.05) is 24.6 Å². The molecule has 27 heavy (non-hydrogen) atoms. The van der Waals surface area contributed by atoms with Gasteiger partial charge in [0.1, 0.15) is 5.82 Å². The Morgan fingerprint density at radius 3 is 2.63 bits per heavy atom. The van der Waals surface area contributed by atoms with Crippen molar-refractivity contribution in [1.29, 1.82) is 0 Å². The Hall–Kier alpha value is -1.96. The fraction of sp³-hybridized carbons (Fsp3) is 0.632.